The Morgan fingerprint density at radius 2 is 1.88 bits per heavy atom. The van der Waals surface area contributed by atoms with Crippen molar-refractivity contribution in [2.24, 2.45) is 11.3 Å². The van der Waals surface area contributed by atoms with Gasteiger partial charge >= 0.3 is 0 Å². The van der Waals surface area contributed by atoms with Crippen molar-refractivity contribution < 1.29 is 0 Å². The van der Waals surface area contributed by atoms with Gasteiger partial charge in [-0.15, -0.1) is 6.42 Å². The number of rotatable bonds is 5. The Morgan fingerprint density at radius 3 is 2.24 bits per heavy atom. The molecule has 0 bridgehead atoms. The summed E-state index contributed by atoms with van der Waals surface area (Å²) in [6, 6.07) is 0. The smallest absolute Gasteiger partial charge is 0.0167 e. The van der Waals surface area contributed by atoms with Gasteiger partial charge in [0.25, 0.3) is 0 Å². The average Bonchev–Trinajstić information content (AvgIpc) is 2.21. The Bertz CT molecular complexity index is 318. The Balaban J connectivity index is 4.74. The second kappa shape index (κ2) is 7.22. The van der Waals surface area contributed by atoms with E-state index in [0.29, 0.717) is 5.92 Å². The van der Waals surface area contributed by atoms with Crippen LogP contribution in [-0.2, 0) is 0 Å². The predicted octanol–water partition coefficient (Wildman–Crippen LogP) is 4.13. The molecular weight excluding hydrogens is 206 g/mol. The molecule has 0 atom stereocenters. The quantitative estimate of drug-likeness (QED) is 0.556. The van der Waals surface area contributed by atoms with Crippen molar-refractivity contribution in [3.05, 3.63) is 23.4 Å². The second-order valence-corrected chi connectivity index (χ2v) is 5.79. The van der Waals surface area contributed by atoms with Gasteiger partial charge < -0.3 is 5.32 Å². The van der Waals surface area contributed by atoms with Crippen LogP contribution in [0.2, 0.25) is 0 Å². The van der Waals surface area contributed by atoms with Gasteiger partial charge in [-0.05, 0) is 29.9 Å². The van der Waals surface area contributed by atoms with Crippen LogP contribution < -0.4 is 5.32 Å². The fourth-order valence-electron chi connectivity index (χ4n) is 1.34. The summed E-state index contributed by atoms with van der Waals surface area (Å²) in [6.45, 7) is 14.0. The van der Waals surface area contributed by atoms with Crippen LogP contribution in [0, 0.1) is 23.7 Å². The number of nitrogens with one attached hydrogen (secondary N) is 1. The molecule has 0 amide bonds. The molecule has 1 N–H and O–H groups in total. The van der Waals surface area contributed by atoms with Gasteiger partial charge in [0.2, 0.25) is 0 Å². The molecular formula is C16H27N. The molecule has 0 aromatic heterocycles. The van der Waals surface area contributed by atoms with Crippen LogP contribution in [0.5, 0.6) is 0 Å². The highest BCUT2D eigenvalue weighted by Crippen LogP contribution is 2.24. The Hall–Kier alpha value is -1.16. The van der Waals surface area contributed by atoms with E-state index in [-0.39, 0.29) is 5.41 Å². The molecule has 0 rings (SSSR count). The molecule has 0 aliphatic rings. The molecule has 1 nitrogen and oxygen atoms in total. The van der Waals surface area contributed by atoms with E-state index in [1.54, 1.807) is 0 Å². The van der Waals surface area contributed by atoms with Crippen LogP contribution in [0.4, 0.5) is 0 Å². The Morgan fingerprint density at radius 1 is 1.29 bits per heavy atom. The molecule has 0 aromatic carbocycles. The normalized spacial score (nSPS) is 13.8. The van der Waals surface area contributed by atoms with E-state index in [2.05, 4.69) is 64.9 Å². The minimum absolute atomic E-state index is 0.0438. The summed E-state index contributed by atoms with van der Waals surface area (Å²) in [7, 11) is 0. The summed E-state index contributed by atoms with van der Waals surface area (Å²) >= 11 is 0. The molecule has 96 valence electrons. The lowest BCUT2D eigenvalue weighted by Crippen LogP contribution is -2.18. The first-order chi connectivity index (χ1) is 7.81. The van der Waals surface area contributed by atoms with E-state index < -0.39 is 0 Å². The van der Waals surface area contributed by atoms with Crippen LogP contribution >= 0.6 is 0 Å². The van der Waals surface area contributed by atoms with Gasteiger partial charge in [-0.2, -0.15) is 0 Å². The molecule has 0 aliphatic carbocycles. The van der Waals surface area contributed by atoms with Gasteiger partial charge in [0, 0.05) is 17.8 Å². The SMILES string of the molecule is C#C/C(=C\C=C(/CC)NCC(C)C)C(C)(C)C. The minimum atomic E-state index is 0.0438. The molecule has 1 heteroatoms. The zero-order valence-electron chi connectivity index (χ0n) is 12.2. The zero-order chi connectivity index (χ0) is 13.5. The molecule has 0 spiro atoms. The molecule has 0 radical (unpaired) electrons. The standard InChI is InChI=1S/C16H27N/c1-8-14(16(5,6)7)10-11-15(9-2)17-12-13(3)4/h1,10-11,13,17H,9,12H2,2-7H3/b14-10+,15-11+. The molecule has 0 heterocycles. The number of allylic oxidation sites excluding steroid dienone is 4. The number of terminal acetylenes is 1. The molecule has 0 aromatic rings. The van der Waals surface area contributed by atoms with E-state index in [4.69, 9.17) is 6.42 Å². The number of hydrogen-bond acceptors (Lipinski definition) is 1. The highest BCUT2D eigenvalue weighted by atomic mass is 14.9. The third kappa shape index (κ3) is 6.89. The summed E-state index contributed by atoms with van der Waals surface area (Å²) in [6.07, 6.45) is 10.7. The second-order valence-electron chi connectivity index (χ2n) is 5.79. The highest BCUT2D eigenvalue weighted by molar-refractivity contribution is 5.34. The van der Waals surface area contributed by atoms with Crippen molar-refractivity contribution in [2.75, 3.05) is 6.54 Å². The van der Waals surface area contributed by atoms with Crippen molar-refractivity contribution in [1.29, 1.82) is 0 Å². The summed E-state index contributed by atoms with van der Waals surface area (Å²) in [5.41, 5.74) is 2.33. The topological polar surface area (TPSA) is 12.0 Å². The van der Waals surface area contributed by atoms with E-state index in [9.17, 15) is 0 Å². The molecule has 0 aliphatic heterocycles. The van der Waals surface area contributed by atoms with Crippen molar-refractivity contribution in [2.45, 2.75) is 48.0 Å². The van der Waals surface area contributed by atoms with E-state index in [1.165, 1.54) is 5.70 Å². The molecule has 0 saturated heterocycles. The van der Waals surface area contributed by atoms with Crippen molar-refractivity contribution >= 4 is 0 Å². The molecule has 0 fully saturated rings. The maximum absolute atomic E-state index is 5.54. The van der Waals surface area contributed by atoms with Gasteiger partial charge in [-0.3, -0.25) is 0 Å². The van der Waals surface area contributed by atoms with Crippen molar-refractivity contribution in [1.82, 2.24) is 5.32 Å². The van der Waals surface area contributed by atoms with Crippen LogP contribution in [0.1, 0.15) is 48.0 Å². The first-order valence-electron chi connectivity index (χ1n) is 6.43. The van der Waals surface area contributed by atoms with E-state index in [1.807, 2.05) is 0 Å². The van der Waals surface area contributed by atoms with Crippen molar-refractivity contribution in [3.8, 4) is 12.3 Å². The Kier molecular flexibility index (Phi) is 6.73. The summed E-state index contributed by atoms with van der Waals surface area (Å²) in [5.74, 6) is 3.43. The van der Waals surface area contributed by atoms with Gasteiger partial charge in [-0.25, -0.2) is 0 Å². The maximum Gasteiger partial charge on any atom is 0.0167 e. The first-order valence-corrected chi connectivity index (χ1v) is 6.43. The van der Waals surface area contributed by atoms with E-state index in [0.717, 1.165) is 18.5 Å². The van der Waals surface area contributed by atoms with Crippen LogP contribution in [-0.4, -0.2) is 6.54 Å². The molecule has 17 heavy (non-hydrogen) atoms. The third-order valence-corrected chi connectivity index (χ3v) is 2.53. The molecule has 0 unspecified atom stereocenters. The van der Waals surface area contributed by atoms with Crippen molar-refractivity contribution in [3.63, 3.8) is 0 Å². The summed E-state index contributed by atoms with van der Waals surface area (Å²) < 4.78 is 0. The van der Waals surface area contributed by atoms with Crippen LogP contribution in [0.15, 0.2) is 23.4 Å². The van der Waals surface area contributed by atoms with Gasteiger partial charge in [-0.1, -0.05) is 47.5 Å². The lowest BCUT2D eigenvalue weighted by atomic mass is 9.86. The fraction of sp³-hybridized carbons (Fsp3) is 0.625. The van der Waals surface area contributed by atoms with Gasteiger partial charge in [0.15, 0.2) is 0 Å². The molecule has 0 saturated carbocycles. The van der Waals surface area contributed by atoms with Gasteiger partial charge in [0.1, 0.15) is 0 Å². The Labute approximate surface area is 107 Å². The monoisotopic (exact) mass is 233 g/mol. The third-order valence-electron chi connectivity index (χ3n) is 2.53. The lowest BCUT2D eigenvalue weighted by Gasteiger charge is -2.18. The number of hydrogen-bond donors (Lipinski definition) is 1. The maximum atomic E-state index is 5.54. The zero-order valence-corrected chi connectivity index (χ0v) is 12.2. The largest absolute Gasteiger partial charge is 0.388 e. The van der Waals surface area contributed by atoms with Gasteiger partial charge in [0.05, 0.1) is 0 Å². The highest BCUT2D eigenvalue weighted by Gasteiger charge is 2.13. The fourth-order valence-corrected chi connectivity index (χ4v) is 1.34. The lowest BCUT2D eigenvalue weighted by molar-refractivity contribution is 0.521. The first kappa shape index (κ1) is 15.8. The minimum Gasteiger partial charge on any atom is -0.388 e. The average molecular weight is 233 g/mol. The van der Waals surface area contributed by atoms with Crippen LogP contribution in [0.3, 0.4) is 0 Å². The predicted molar refractivity (Wildman–Crippen MR) is 77.6 cm³/mol. The van der Waals surface area contributed by atoms with E-state index >= 15 is 0 Å². The summed E-state index contributed by atoms with van der Waals surface area (Å²) in [4.78, 5) is 0. The van der Waals surface area contributed by atoms with Crippen LogP contribution in [0.25, 0.3) is 0 Å². The summed E-state index contributed by atoms with van der Waals surface area (Å²) in [5, 5.41) is 3.45.